The Balaban J connectivity index is 1.45. The van der Waals surface area contributed by atoms with Crippen molar-refractivity contribution >= 4 is 11.6 Å². The number of hydrogen-bond donors (Lipinski definition) is 2. The van der Waals surface area contributed by atoms with Crippen LogP contribution >= 0.6 is 0 Å². The number of aromatic hydroxyl groups is 1. The van der Waals surface area contributed by atoms with E-state index in [1.807, 2.05) is 23.1 Å². The van der Waals surface area contributed by atoms with Crippen molar-refractivity contribution in [3.63, 3.8) is 0 Å². The molecule has 0 unspecified atom stereocenters. The van der Waals surface area contributed by atoms with E-state index in [2.05, 4.69) is 58.7 Å². The van der Waals surface area contributed by atoms with E-state index in [4.69, 9.17) is 0 Å². The van der Waals surface area contributed by atoms with Crippen LogP contribution in [0.25, 0.3) is 0 Å². The van der Waals surface area contributed by atoms with Crippen LogP contribution in [-0.2, 0) is 4.79 Å². The Hall–Kier alpha value is -4.08. The number of anilines is 1. The fourth-order valence-electron chi connectivity index (χ4n) is 4.11. The lowest BCUT2D eigenvalue weighted by Gasteiger charge is -2.39. The van der Waals surface area contributed by atoms with Gasteiger partial charge in [0.15, 0.2) is 0 Å². The molecule has 0 atom stereocenters. The van der Waals surface area contributed by atoms with Gasteiger partial charge in [0.05, 0.1) is 6.04 Å². The summed E-state index contributed by atoms with van der Waals surface area (Å²) in [6.45, 7) is 3.02. The molecule has 1 fully saturated rings. The summed E-state index contributed by atoms with van der Waals surface area (Å²) >= 11 is 0. The lowest BCUT2D eigenvalue weighted by molar-refractivity contribution is -0.112. The first kappa shape index (κ1) is 22.1. The van der Waals surface area contributed by atoms with Crippen LogP contribution < -0.4 is 5.32 Å². The first-order valence-electron chi connectivity index (χ1n) is 10.9. The van der Waals surface area contributed by atoms with Crippen LogP contribution in [0.4, 0.5) is 5.69 Å². The fourth-order valence-corrected chi connectivity index (χ4v) is 4.11. The molecule has 6 heteroatoms. The summed E-state index contributed by atoms with van der Waals surface area (Å²) in [6.07, 6.45) is 1.63. The average Bonchev–Trinajstić information content (AvgIpc) is 2.85. The van der Waals surface area contributed by atoms with Gasteiger partial charge in [-0.3, -0.25) is 9.69 Å². The summed E-state index contributed by atoms with van der Waals surface area (Å²) < 4.78 is 0. The highest BCUT2D eigenvalue weighted by atomic mass is 16.3. The Morgan fingerprint density at radius 2 is 1.52 bits per heavy atom. The maximum atomic E-state index is 12.6. The highest BCUT2D eigenvalue weighted by Gasteiger charge is 2.26. The van der Waals surface area contributed by atoms with Crippen LogP contribution in [0.2, 0.25) is 0 Å². The van der Waals surface area contributed by atoms with Gasteiger partial charge in [-0.1, -0.05) is 66.7 Å². The van der Waals surface area contributed by atoms with E-state index in [-0.39, 0.29) is 17.4 Å². The molecule has 1 amide bonds. The number of nitrogens with one attached hydrogen (secondary N) is 1. The number of phenols is 1. The van der Waals surface area contributed by atoms with E-state index in [9.17, 15) is 15.2 Å². The number of nitrogens with zero attached hydrogens (tertiary/aromatic N) is 3. The van der Waals surface area contributed by atoms with Crippen molar-refractivity contribution in [2.24, 2.45) is 0 Å². The van der Waals surface area contributed by atoms with E-state index in [1.165, 1.54) is 23.3 Å². The Kier molecular flexibility index (Phi) is 7.03. The Bertz CT molecular complexity index is 1110. The predicted octanol–water partition coefficient (Wildman–Crippen LogP) is 4.15. The molecule has 1 aliphatic heterocycles. The quantitative estimate of drug-likeness (QED) is 0.447. The molecule has 0 spiro atoms. The number of piperazine rings is 1. The van der Waals surface area contributed by atoms with Crippen molar-refractivity contribution in [2.45, 2.75) is 6.04 Å². The number of rotatable bonds is 6. The molecule has 33 heavy (non-hydrogen) atoms. The summed E-state index contributed by atoms with van der Waals surface area (Å²) in [4.78, 5) is 17.0. The second kappa shape index (κ2) is 10.5. The van der Waals surface area contributed by atoms with Crippen molar-refractivity contribution in [1.29, 1.82) is 5.26 Å². The van der Waals surface area contributed by atoms with Gasteiger partial charge in [-0.15, -0.1) is 0 Å². The number of carbonyl (C=O) groups is 1. The van der Waals surface area contributed by atoms with Gasteiger partial charge < -0.3 is 15.3 Å². The Morgan fingerprint density at radius 1 is 0.909 bits per heavy atom. The summed E-state index contributed by atoms with van der Waals surface area (Å²) in [7, 11) is 0. The van der Waals surface area contributed by atoms with Crippen LogP contribution in [0, 0.1) is 11.3 Å². The number of carbonyl (C=O) groups excluding carboxylic acids is 1. The smallest absolute Gasteiger partial charge is 0.267 e. The standard InChI is InChI=1S/C27H26N4O2/c28-19-23(27(33)29-24-12-7-13-25(32)18-24)20-30-14-16-31(17-15-30)26(21-8-3-1-4-9-21)22-10-5-2-6-11-22/h1-13,18,20,26,32H,14-17H2,(H,29,33)/b23-20-. The van der Waals surface area contributed by atoms with Gasteiger partial charge in [0.1, 0.15) is 17.4 Å². The SMILES string of the molecule is N#C/C(=C/N1CCN(C(c2ccccc2)c2ccccc2)CC1)C(=O)Nc1cccc(O)c1. The molecule has 1 aliphatic rings. The second-order valence-corrected chi connectivity index (χ2v) is 7.95. The highest BCUT2D eigenvalue weighted by Crippen LogP contribution is 2.29. The van der Waals surface area contributed by atoms with E-state index in [0.29, 0.717) is 18.8 Å². The topological polar surface area (TPSA) is 79.6 Å². The van der Waals surface area contributed by atoms with Gasteiger partial charge in [-0.2, -0.15) is 5.26 Å². The van der Waals surface area contributed by atoms with Crippen LogP contribution in [-0.4, -0.2) is 47.0 Å². The lowest BCUT2D eigenvalue weighted by atomic mass is 9.96. The van der Waals surface area contributed by atoms with Crippen molar-refractivity contribution in [2.75, 3.05) is 31.5 Å². The molecule has 0 saturated carbocycles. The molecule has 0 aromatic heterocycles. The molecule has 0 radical (unpaired) electrons. The predicted molar refractivity (Wildman–Crippen MR) is 128 cm³/mol. The first-order chi connectivity index (χ1) is 16.1. The number of amides is 1. The number of benzene rings is 3. The van der Waals surface area contributed by atoms with Crippen molar-refractivity contribution < 1.29 is 9.90 Å². The maximum Gasteiger partial charge on any atom is 0.267 e. The largest absolute Gasteiger partial charge is 0.508 e. The normalized spacial score (nSPS) is 14.7. The molecule has 4 rings (SSSR count). The van der Waals surface area contributed by atoms with Crippen LogP contribution in [0.5, 0.6) is 5.75 Å². The van der Waals surface area contributed by atoms with Gasteiger partial charge in [0.25, 0.3) is 5.91 Å². The molecular formula is C27H26N4O2. The van der Waals surface area contributed by atoms with Gasteiger partial charge in [0.2, 0.25) is 0 Å². The third-order valence-corrected chi connectivity index (χ3v) is 5.73. The third kappa shape index (κ3) is 5.59. The number of hydrogen-bond acceptors (Lipinski definition) is 5. The zero-order chi connectivity index (χ0) is 23.0. The zero-order valence-corrected chi connectivity index (χ0v) is 18.3. The van der Waals surface area contributed by atoms with Crippen molar-refractivity contribution in [3.05, 3.63) is 108 Å². The van der Waals surface area contributed by atoms with Crippen LogP contribution in [0.15, 0.2) is 96.7 Å². The van der Waals surface area contributed by atoms with Crippen molar-refractivity contribution in [1.82, 2.24) is 9.80 Å². The molecule has 1 saturated heterocycles. The summed E-state index contributed by atoms with van der Waals surface area (Å²) in [5.41, 5.74) is 2.97. The molecule has 6 nitrogen and oxygen atoms in total. The number of nitriles is 1. The summed E-state index contributed by atoms with van der Waals surface area (Å²) in [5, 5.41) is 21.8. The maximum absolute atomic E-state index is 12.6. The van der Waals surface area contributed by atoms with E-state index < -0.39 is 5.91 Å². The molecule has 2 N–H and O–H groups in total. The highest BCUT2D eigenvalue weighted by molar-refractivity contribution is 6.06. The van der Waals surface area contributed by atoms with Gasteiger partial charge in [0, 0.05) is 44.1 Å². The monoisotopic (exact) mass is 438 g/mol. The third-order valence-electron chi connectivity index (χ3n) is 5.73. The van der Waals surface area contributed by atoms with Crippen LogP contribution in [0.1, 0.15) is 17.2 Å². The summed E-state index contributed by atoms with van der Waals surface area (Å²) in [6, 6.07) is 29.4. The van der Waals surface area contributed by atoms with Gasteiger partial charge >= 0.3 is 0 Å². The molecule has 3 aromatic carbocycles. The van der Waals surface area contributed by atoms with Gasteiger partial charge in [-0.25, -0.2) is 0 Å². The molecule has 0 aliphatic carbocycles. The average molecular weight is 439 g/mol. The fraction of sp³-hybridized carbons (Fsp3) is 0.185. The van der Waals surface area contributed by atoms with Crippen molar-refractivity contribution in [3.8, 4) is 11.8 Å². The lowest BCUT2D eigenvalue weighted by Crippen LogP contribution is -2.46. The molecule has 166 valence electrons. The first-order valence-corrected chi connectivity index (χ1v) is 10.9. The van der Waals surface area contributed by atoms with E-state index in [1.54, 1.807) is 18.3 Å². The molecular weight excluding hydrogens is 412 g/mol. The van der Waals surface area contributed by atoms with E-state index >= 15 is 0 Å². The zero-order valence-electron chi connectivity index (χ0n) is 18.3. The molecule has 3 aromatic rings. The minimum atomic E-state index is -0.489. The molecule has 0 bridgehead atoms. The Morgan fingerprint density at radius 3 is 2.06 bits per heavy atom. The summed E-state index contributed by atoms with van der Waals surface area (Å²) in [5.74, 6) is -0.435. The number of phenolic OH excluding ortho intramolecular Hbond substituents is 1. The Labute approximate surface area is 194 Å². The molecule has 1 heterocycles. The minimum Gasteiger partial charge on any atom is -0.508 e. The van der Waals surface area contributed by atoms with Gasteiger partial charge in [-0.05, 0) is 23.3 Å². The van der Waals surface area contributed by atoms with Crippen LogP contribution in [0.3, 0.4) is 0 Å². The second-order valence-electron chi connectivity index (χ2n) is 7.95. The van der Waals surface area contributed by atoms with E-state index in [0.717, 1.165) is 13.1 Å². The minimum absolute atomic E-state index is 0.0365.